The van der Waals surface area contributed by atoms with Crippen LogP contribution < -0.4 is 17.0 Å². The van der Waals surface area contributed by atoms with Gasteiger partial charge in [0.1, 0.15) is 29.7 Å². The molecule has 5 rings (SSSR count). The van der Waals surface area contributed by atoms with Crippen LogP contribution in [0, 0.1) is 17.5 Å². The van der Waals surface area contributed by atoms with Crippen molar-refractivity contribution in [3.63, 3.8) is 0 Å². The Bertz CT molecular complexity index is 1700. The molecular formula is C29H27F5N7O2P. The number of aromatic nitrogens is 3. The summed E-state index contributed by atoms with van der Waals surface area (Å²) < 4.78 is 72.0. The van der Waals surface area contributed by atoms with Gasteiger partial charge in [-0.05, 0) is 66.8 Å². The molecule has 9 nitrogen and oxygen atoms in total. The Hall–Kier alpha value is -4.26. The van der Waals surface area contributed by atoms with Gasteiger partial charge in [-0.2, -0.15) is 13.9 Å². The molecule has 0 aliphatic heterocycles. The SMILES string of the molecule is NN(N)C(=O)c1cc(-c2cccnc2C(Cc2cc(F)cc(F)c2)NC(=O)Cn2nc(C(F)(F)P)cc2C2CC2)ccc1F. The molecule has 0 saturated heterocycles. The molecule has 2 aromatic heterocycles. The summed E-state index contributed by atoms with van der Waals surface area (Å²) in [6.07, 6.45) is 2.83. The minimum absolute atomic E-state index is 0.00166. The van der Waals surface area contributed by atoms with Crippen LogP contribution in [0.2, 0.25) is 0 Å². The van der Waals surface area contributed by atoms with E-state index in [1.165, 1.54) is 38.3 Å². The first kappa shape index (κ1) is 31.2. The predicted molar refractivity (Wildman–Crippen MR) is 153 cm³/mol. The van der Waals surface area contributed by atoms with Crippen molar-refractivity contribution in [2.75, 3.05) is 0 Å². The first-order valence-corrected chi connectivity index (χ1v) is 14.0. The number of halogens is 5. The van der Waals surface area contributed by atoms with Gasteiger partial charge in [0.05, 0.1) is 17.3 Å². The van der Waals surface area contributed by atoms with Crippen molar-refractivity contribution in [3.05, 3.63) is 106 Å². The molecule has 2 aromatic carbocycles. The summed E-state index contributed by atoms with van der Waals surface area (Å²) in [5, 5.41) is 6.99. The van der Waals surface area contributed by atoms with Crippen molar-refractivity contribution >= 4 is 21.1 Å². The lowest BCUT2D eigenvalue weighted by atomic mass is 9.94. The molecule has 0 radical (unpaired) electrons. The van der Waals surface area contributed by atoms with Crippen molar-refractivity contribution < 1.29 is 31.5 Å². The number of rotatable bonds is 10. The highest BCUT2D eigenvalue weighted by atomic mass is 31.0. The first-order chi connectivity index (χ1) is 20.8. The number of benzene rings is 2. The summed E-state index contributed by atoms with van der Waals surface area (Å²) >= 11 is 0. The fourth-order valence-corrected chi connectivity index (χ4v) is 5.06. The van der Waals surface area contributed by atoms with Gasteiger partial charge in [0, 0.05) is 29.4 Å². The van der Waals surface area contributed by atoms with Crippen LogP contribution in [0.4, 0.5) is 22.0 Å². The van der Waals surface area contributed by atoms with E-state index >= 15 is 0 Å². The van der Waals surface area contributed by atoms with Crippen LogP contribution in [0.1, 0.15) is 57.8 Å². The molecule has 2 unspecified atom stereocenters. The number of hydrazine groups is 2. The second kappa shape index (κ2) is 12.4. The number of carbonyl (C=O) groups excluding carboxylic acids is 2. The van der Waals surface area contributed by atoms with E-state index in [-0.39, 0.29) is 28.7 Å². The molecule has 2 heterocycles. The van der Waals surface area contributed by atoms with Crippen LogP contribution in [0.5, 0.6) is 0 Å². The molecule has 15 heteroatoms. The van der Waals surface area contributed by atoms with Crippen LogP contribution in [0.15, 0.2) is 60.8 Å². The van der Waals surface area contributed by atoms with E-state index in [9.17, 15) is 31.5 Å². The number of nitrogens with one attached hydrogen (secondary N) is 1. The van der Waals surface area contributed by atoms with E-state index in [4.69, 9.17) is 11.7 Å². The highest BCUT2D eigenvalue weighted by Gasteiger charge is 2.35. The Balaban J connectivity index is 1.52. The number of amides is 2. The normalized spacial score (nSPS) is 13.9. The standard InChI is InChI=1S/C29H27F5N7O2P/c30-18-8-15(9-19(31)12-18)10-23(38-26(42)14-40-24(16-3-4-16)13-25(39-40)29(33,34)44)27-20(2-1-7-37-27)17-5-6-22(32)21(11-17)28(43)41(35)36/h1-2,5-9,11-13,16,23H,3-4,10,14,35-36,44H2,(H,38,42). The number of alkyl halides is 2. The van der Waals surface area contributed by atoms with Gasteiger partial charge in [0.15, 0.2) is 0 Å². The number of nitrogens with two attached hydrogens (primary N) is 2. The molecule has 2 amide bonds. The lowest BCUT2D eigenvalue weighted by Gasteiger charge is -2.22. The highest BCUT2D eigenvalue weighted by Crippen LogP contribution is 2.43. The number of pyridine rings is 1. The van der Waals surface area contributed by atoms with Crippen LogP contribution in [0.3, 0.4) is 0 Å². The molecular weight excluding hydrogens is 604 g/mol. The molecule has 44 heavy (non-hydrogen) atoms. The Labute approximate surface area is 250 Å². The quantitative estimate of drug-likeness (QED) is 0.0779. The summed E-state index contributed by atoms with van der Waals surface area (Å²) in [5.74, 6) is 6.43. The zero-order valence-corrected chi connectivity index (χ0v) is 24.1. The van der Waals surface area contributed by atoms with Crippen molar-refractivity contribution in [2.24, 2.45) is 11.7 Å². The summed E-state index contributed by atoms with van der Waals surface area (Å²) in [6.45, 7) is -0.416. The molecule has 0 bridgehead atoms. The molecule has 1 saturated carbocycles. The third-order valence-corrected chi connectivity index (χ3v) is 7.35. The van der Waals surface area contributed by atoms with Gasteiger partial charge in [-0.3, -0.25) is 19.3 Å². The van der Waals surface area contributed by atoms with E-state index in [0.29, 0.717) is 22.9 Å². The molecule has 1 fully saturated rings. The average Bonchev–Trinajstić information content (AvgIpc) is 3.70. The van der Waals surface area contributed by atoms with E-state index in [0.717, 1.165) is 31.0 Å². The third kappa shape index (κ3) is 7.09. The van der Waals surface area contributed by atoms with Gasteiger partial charge in [0.2, 0.25) is 5.91 Å². The van der Waals surface area contributed by atoms with E-state index in [2.05, 4.69) is 15.4 Å². The van der Waals surface area contributed by atoms with Crippen molar-refractivity contribution in [1.29, 1.82) is 0 Å². The number of nitrogens with zero attached hydrogens (tertiary/aromatic N) is 4. The van der Waals surface area contributed by atoms with E-state index < -0.39 is 58.8 Å². The molecule has 1 aliphatic rings. The number of carbonyl (C=O) groups is 2. The Morgan fingerprint density at radius 2 is 1.77 bits per heavy atom. The monoisotopic (exact) mass is 631 g/mol. The molecule has 4 aromatic rings. The Morgan fingerprint density at radius 1 is 1.07 bits per heavy atom. The molecule has 1 aliphatic carbocycles. The Morgan fingerprint density at radius 3 is 2.41 bits per heavy atom. The van der Waals surface area contributed by atoms with Gasteiger partial charge >= 0.3 is 5.66 Å². The summed E-state index contributed by atoms with van der Waals surface area (Å²) in [5.41, 5.74) is -2.66. The molecule has 0 spiro atoms. The smallest absolute Gasteiger partial charge is 0.302 e. The Kier molecular flexibility index (Phi) is 8.78. The van der Waals surface area contributed by atoms with Gasteiger partial charge in [-0.15, -0.1) is 0 Å². The average molecular weight is 632 g/mol. The minimum atomic E-state index is -3.29. The van der Waals surface area contributed by atoms with Crippen LogP contribution >= 0.6 is 9.24 Å². The fraction of sp³-hybridized carbons (Fsp3) is 0.241. The maximum absolute atomic E-state index is 14.5. The molecule has 230 valence electrons. The maximum atomic E-state index is 14.5. The lowest BCUT2D eigenvalue weighted by molar-refractivity contribution is -0.122. The zero-order valence-electron chi connectivity index (χ0n) is 23.0. The summed E-state index contributed by atoms with van der Waals surface area (Å²) in [4.78, 5) is 30.2. The van der Waals surface area contributed by atoms with E-state index in [1.807, 2.05) is 0 Å². The van der Waals surface area contributed by atoms with Crippen molar-refractivity contribution in [3.8, 4) is 11.1 Å². The lowest BCUT2D eigenvalue weighted by Crippen LogP contribution is -2.43. The summed E-state index contributed by atoms with van der Waals surface area (Å²) in [7, 11) is 1.43. The first-order valence-electron chi connectivity index (χ1n) is 13.4. The molecule has 5 N–H and O–H groups in total. The van der Waals surface area contributed by atoms with Gasteiger partial charge in [-0.25, -0.2) is 30.0 Å². The summed E-state index contributed by atoms with van der Waals surface area (Å²) in [6, 6.07) is 9.95. The predicted octanol–water partition coefficient (Wildman–Crippen LogP) is 4.45. The third-order valence-electron chi connectivity index (χ3n) is 7.05. The van der Waals surface area contributed by atoms with Crippen molar-refractivity contribution in [2.45, 2.75) is 43.4 Å². The number of hydrogen-bond acceptors (Lipinski definition) is 6. The fourth-order valence-electron chi connectivity index (χ4n) is 4.92. The second-order valence-corrected chi connectivity index (χ2v) is 11.2. The van der Waals surface area contributed by atoms with Crippen LogP contribution in [-0.2, 0) is 23.4 Å². The van der Waals surface area contributed by atoms with Crippen molar-refractivity contribution in [1.82, 2.24) is 25.2 Å². The highest BCUT2D eigenvalue weighted by molar-refractivity contribution is 7.17. The van der Waals surface area contributed by atoms with E-state index in [1.54, 1.807) is 12.1 Å². The van der Waals surface area contributed by atoms with Crippen LogP contribution in [-0.4, -0.2) is 31.7 Å². The zero-order chi connectivity index (χ0) is 31.8. The second-order valence-electron chi connectivity index (χ2n) is 10.5. The van der Waals surface area contributed by atoms with Gasteiger partial charge in [0.25, 0.3) is 5.91 Å². The topological polar surface area (TPSA) is 132 Å². The number of hydrogen-bond donors (Lipinski definition) is 3. The largest absolute Gasteiger partial charge is 0.346 e. The maximum Gasteiger partial charge on any atom is 0.302 e. The van der Waals surface area contributed by atoms with Gasteiger partial charge in [-0.1, -0.05) is 21.4 Å². The van der Waals surface area contributed by atoms with Crippen LogP contribution in [0.25, 0.3) is 11.1 Å². The van der Waals surface area contributed by atoms with Gasteiger partial charge < -0.3 is 5.32 Å². The molecule has 2 atom stereocenters. The minimum Gasteiger partial charge on any atom is -0.346 e.